The first-order valence-electron chi connectivity index (χ1n) is 5.44. The van der Waals surface area contributed by atoms with E-state index in [0.29, 0.717) is 18.1 Å². The molecule has 0 saturated carbocycles. The Bertz CT molecular complexity index is 566. The highest BCUT2D eigenvalue weighted by Crippen LogP contribution is 2.22. The molecule has 0 fully saturated rings. The van der Waals surface area contributed by atoms with Gasteiger partial charge in [0.2, 0.25) is 0 Å². The Labute approximate surface area is 99.9 Å². The third-order valence-corrected chi connectivity index (χ3v) is 2.41. The van der Waals surface area contributed by atoms with Crippen LogP contribution in [-0.2, 0) is 0 Å². The van der Waals surface area contributed by atoms with Crippen molar-refractivity contribution < 1.29 is 4.74 Å². The molecule has 0 aliphatic rings. The first-order valence-corrected chi connectivity index (χ1v) is 5.44. The molecule has 0 radical (unpaired) electrons. The maximum Gasteiger partial charge on any atom is 0.161 e. The number of aromatic amines is 1. The van der Waals surface area contributed by atoms with Crippen LogP contribution < -0.4 is 4.74 Å². The number of aromatic nitrogens is 2. The van der Waals surface area contributed by atoms with Crippen LogP contribution in [0.2, 0.25) is 0 Å². The number of hydrogen-bond donors (Lipinski definition) is 1. The highest BCUT2D eigenvalue weighted by molar-refractivity contribution is 5.59. The summed E-state index contributed by atoms with van der Waals surface area (Å²) in [4.78, 5) is 7.32. The number of ether oxygens (including phenoxy) is 1. The number of nitriles is 1. The van der Waals surface area contributed by atoms with Crippen molar-refractivity contribution in [1.82, 2.24) is 9.97 Å². The molecule has 0 amide bonds. The van der Waals surface area contributed by atoms with Crippen LogP contribution in [0.4, 0.5) is 0 Å². The van der Waals surface area contributed by atoms with Crippen molar-refractivity contribution in [2.45, 2.75) is 13.8 Å². The van der Waals surface area contributed by atoms with E-state index in [2.05, 4.69) is 16.0 Å². The molecule has 0 atom stereocenters. The molecule has 17 heavy (non-hydrogen) atoms. The van der Waals surface area contributed by atoms with Crippen molar-refractivity contribution in [2.24, 2.45) is 0 Å². The second kappa shape index (κ2) is 4.71. The third-order valence-electron chi connectivity index (χ3n) is 2.41. The molecule has 0 saturated heterocycles. The van der Waals surface area contributed by atoms with Gasteiger partial charge in [-0.05, 0) is 26.0 Å². The highest BCUT2D eigenvalue weighted by atomic mass is 16.5. The van der Waals surface area contributed by atoms with Gasteiger partial charge in [-0.2, -0.15) is 5.26 Å². The molecule has 2 aromatic rings. The average molecular weight is 227 g/mol. The smallest absolute Gasteiger partial charge is 0.161 e. The Balaban J connectivity index is 2.39. The van der Waals surface area contributed by atoms with Crippen LogP contribution in [0, 0.1) is 18.3 Å². The second-order valence-corrected chi connectivity index (χ2v) is 3.63. The fourth-order valence-corrected chi connectivity index (χ4v) is 1.61. The van der Waals surface area contributed by atoms with E-state index >= 15 is 0 Å². The number of benzene rings is 1. The van der Waals surface area contributed by atoms with Crippen molar-refractivity contribution in [3.63, 3.8) is 0 Å². The first-order chi connectivity index (χ1) is 8.24. The summed E-state index contributed by atoms with van der Waals surface area (Å²) in [6.07, 6.45) is 0. The Morgan fingerprint density at radius 2 is 2.29 bits per heavy atom. The first kappa shape index (κ1) is 11.2. The minimum Gasteiger partial charge on any atom is -0.494 e. The minimum absolute atomic E-state index is 0.432. The van der Waals surface area contributed by atoms with Gasteiger partial charge < -0.3 is 9.72 Å². The van der Waals surface area contributed by atoms with Crippen molar-refractivity contribution >= 4 is 0 Å². The number of H-pyrrole nitrogens is 1. The quantitative estimate of drug-likeness (QED) is 0.876. The highest BCUT2D eigenvalue weighted by Gasteiger charge is 2.08. The summed E-state index contributed by atoms with van der Waals surface area (Å²) < 4.78 is 5.42. The molecule has 2 rings (SSSR count). The predicted molar refractivity (Wildman–Crippen MR) is 64.6 cm³/mol. The molecular formula is C13H13N3O. The Morgan fingerprint density at radius 3 is 2.94 bits per heavy atom. The lowest BCUT2D eigenvalue weighted by Gasteiger charge is -2.03. The van der Waals surface area contributed by atoms with Gasteiger partial charge in [0.1, 0.15) is 17.6 Å². The van der Waals surface area contributed by atoms with Crippen LogP contribution >= 0.6 is 0 Å². The van der Waals surface area contributed by atoms with E-state index < -0.39 is 0 Å². The lowest BCUT2D eigenvalue weighted by atomic mass is 10.2. The molecule has 0 aliphatic carbocycles. The van der Waals surface area contributed by atoms with E-state index in [-0.39, 0.29) is 0 Å². The fourth-order valence-electron chi connectivity index (χ4n) is 1.61. The zero-order chi connectivity index (χ0) is 12.3. The number of nitrogens with one attached hydrogen (secondary N) is 1. The molecule has 1 N–H and O–H groups in total. The summed E-state index contributed by atoms with van der Waals surface area (Å²) in [6, 6.07) is 9.69. The molecule has 0 aliphatic heterocycles. The summed E-state index contributed by atoms with van der Waals surface area (Å²) >= 11 is 0. The molecule has 0 spiro atoms. The van der Waals surface area contributed by atoms with Gasteiger partial charge in [0, 0.05) is 5.56 Å². The van der Waals surface area contributed by atoms with Gasteiger partial charge in [0.15, 0.2) is 5.69 Å². The molecular weight excluding hydrogens is 214 g/mol. The number of imidazole rings is 1. The maximum absolute atomic E-state index is 8.86. The molecule has 86 valence electrons. The molecule has 1 heterocycles. The predicted octanol–water partition coefficient (Wildman–Crippen LogP) is 2.66. The van der Waals surface area contributed by atoms with E-state index in [0.717, 1.165) is 17.0 Å². The van der Waals surface area contributed by atoms with Gasteiger partial charge in [-0.3, -0.25) is 0 Å². The largest absolute Gasteiger partial charge is 0.494 e. The monoisotopic (exact) mass is 227 g/mol. The van der Waals surface area contributed by atoms with Gasteiger partial charge in [0.05, 0.1) is 12.3 Å². The normalized spacial score (nSPS) is 9.94. The van der Waals surface area contributed by atoms with Crippen LogP contribution in [0.25, 0.3) is 11.4 Å². The zero-order valence-corrected chi connectivity index (χ0v) is 9.82. The van der Waals surface area contributed by atoms with E-state index in [4.69, 9.17) is 10.00 Å². The van der Waals surface area contributed by atoms with Crippen LogP contribution in [0.1, 0.15) is 18.3 Å². The minimum atomic E-state index is 0.432. The fraction of sp³-hybridized carbons (Fsp3) is 0.231. The van der Waals surface area contributed by atoms with Gasteiger partial charge in [-0.25, -0.2) is 4.98 Å². The molecule has 0 unspecified atom stereocenters. The number of hydrogen-bond acceptors (Lipinski definition) is 3. The summed E-state index contributed by atoms with van der Waals surface area (Å²) in [7, 11) is 0. The molecule has 1 aromatic heterocycles. The van der Waals surface area contributed by atoms with E-state index in [1.165, 1.54) is 0 Å². The summed E-state index contributed by atoms with van der Waals surface area (Å²) in [5.74, 6) is 1.50. The van der Waals surface area contributed by atoms with Gasteiger partial charge >= 0.3 is 0 Å². The van der Waals surface area contributed by atoms with Crippen LogP contribution in [0.15, 0.2) is 24.3 Å². The third kappa shape index (κ3) is 2.28. The lowest BCUT2D eigenvalue weighted by molar-refractivity contribution is 0.340. The Kier molecular flexibility index (Phi) is 3.10. The van der Waals surface area contributed by atoms with Gasteiger partial charge in [-0.1, -0.05) is 12.1 Å². The maximum atomic E-state index is 8.86. The van der Waals surface area contributed by atoms with Crippen molar-refractivity contribution in [1.29, 1.82) is 5.26 Å². The van der Waals surface area contributed by atoms with Crippen molar-refractivity contribution in [3.05, 3.63) is 35.7 Å². The molecule has 4 heteroatoms. The van der Waals surface area contributed by atoms with Crippen LogP contribution in [0.3, 0.4) is 0 Å². The van der Waals surface area contributed by atoms with E-state index in [1.54, 1.807) is 0 Å². The van der Waals surface area contributed by atoms with Gasteiger partial charge in [0.25, 0.3) is 0 Å². The molecule has 1 aromatic carbocycles. The van der Waals surface area contributed by atoms with E-state index in [9.17, 15) is 0 Å². The lowest BCUT2D eigenvalue weighted by Crippen LogP contribution is -1.91. The second-order valence-electron chi connectivity index (χ2n) is 3.63. The average Bonchev–Trinajstić information content (AvgIpc) is 2.71. The van der Waals surface area contributed by atoms with Crippen molar-refractivity contribution in [2.75, 3.05) is 6.61 Å². The summed E-state index contributed by atoms with van der Waals surface area (Å²) in [6.45, 7) is 4.41. The number of aryl methyl sites for hydroxylation is 1. The topological polar surface area (TPSA) is 61.7 Å². The van der Waals surface area contributed by atoms with Crippen molar-refractivity contribution in [3.8, 4) is 23.2 Å². The number of rotatable bonds is 3. The Hall–Kier alpha value is -2.28. The van der Waals surface area contributed by atoms with Gasteiger partial charge in [-0.15, -0.1) is 0 Å². The summed E-state index contributed by atoms with van der Waals surface area (Å²) in [5.41, 5.74) is 2.13. The summed E-state index contributed by atoms with van der Waals surface area (Å²) in [5, 5.41) is 8.86. The van der Waals surface area contributed by atoms with Crippen LogP contribution in [-0.4, -0.2) is 16.6 Å². The standard InChI is InChI=1S/C13H13N3O/c1-3-17-11-6-4-5-10(7-11)13-15-9(2)12(8-14)16-13/h4-7H,3H2,1-2H3,(H,15,16). The molecule has 4 nitrogen and oxygen atoms in total. The van der Waals surface area contributed by atoms with Crippen LogP contribution in [0.5, 0.6) is 5.75 Å². The number of nitrogens with zero attached hydrogens (tertiary/aromatic N) is 2. The van der Waals surface area contributed by atoms with E-state index in [1.807, 2.05) is 38.1 Å². The molecule has 0 bridgehead atoms. The zero-order valence-electron chi connectivity index (χ0n) is 9.82. The Morgan fingerprint density at radius 1 is 1.47 bits per heavy atom. The SMILES string of the molecule is CCOc1cccc(-c2nc(C#N)c(C)[nH]2)c1.